The third-order valence-electron chi connectivity index (χ3n) is 4.54. The molecule has 5 heteroatoms. The van der Waals surface area contributed by atoms with Crippen LogP contribution in [0.4, 0.5) is 0 Å². The second kappa shape index (κ2) is 8.04. The van der Waals surface area contributed by atoms with E-state index in [1.165, 1.54) is 7.11 Å². The summed E-state index contributed by atoms with van der Waals surface area (Å²) >= 11 is 0. The minimum Gasteiger partial charge on any atom is -0.494 e. The zero-order valence-electron chi connectivity index (χ0n) is 15.1. The number of methoxy groups -OCH3 is 1. The fraction of sp³-hybridized carbons (Fsp3) is 0.333. The Morgan fingerprint density at radius 2 is 1.88 bits per heavy atom. The molecule has 0 aromatic heterocycles. The van der Waals surface area contributed by atoms with Crippen LogP contribution in [0.3, 0.4) is 0 Å². The van der Waals surface area contributed by atoms with Crippen LogP contribution in [0, 0.1) is 0 Å². The van der Waals surface area contributed by atoms with Crippen molar-refractivity contribution in [3.63, 3.8) is 0 Å². The lowest BCUT2D eigenvalue weighted by Crippen LogP contribution is -2.49. The van der Waals surface area contributed by atoms with Crippen molar-refractivity contribution >= 4 is 11.9 Å². The fourth-order valence-electron chi connectivity index (χ4n) is 3.19. The number of fused-ring (bicyclic) bond motifs is 1. The van der Waals surface area contributed by atoms with Gasteiger partial charge in [0.2, 0.25) is 0 Å². The molecule has 1 unspecified atom stereocenters. The van der Waals surface area contributed by atoms with Gasteiger partial charge < -0.3 is 14.4 Å². The summed E-state index contributed by atoms with van der Waals surface area (Å²) in [6.45, 7) is 3.01. The van der Waals surface area contributed by atoms with E-state index in [0.29, 0.717) is 30.9 Å². The number of carbonyl (C=O) groups is 2. The van der Waals surface area contributed by atoms with Gasteiger partial charge in [-0.2, -0.15) is 0 Å². The fourth-order valence-corrected chi connectivity index (χ4v) is 3.19. The maximum absolute atomic E-state index is 13.1. The van der Waals surface area contributed by atoms with E-state index in [1.807, 2.05) is 37.3 Å². The highest BCUT2D eigenvalue weighted by atomic mass is 16.5. The molecule has 0 aliphatic carbocycles. The van der Waals surface area contributed by atoms with Crippen molar-refractivity contribution in [3.05, 3.63) is 65.2 Å². The molecule has 0 N–H and O–H groups in total. The van der Waals surface area contributed by atoms with E-state index in [0.717, 1.165) is 17.5 Å². The first-order valence-corrected chi connectivity index (χ1v) is 8.82. The van der Waals surface area contributed by atoms with Crippen molar-refractivity contribution in [1.82, 2.24) is 4.90 Å². The first kappa shape index (κ1) is 18.0. The highest BCUT2D eigenvalue weighted by Gasteiger charge is 2.35. The number of hydrogen-bond acceptors (Lipinski definition) is 4. The van der Waals surface area contributed by atoms with Gasteiger partial charge in [0.15, 0.2) is 0 Å². The smallest absolute Gasteiger partial charge is 0.328 e. The predicted octanol–water partition coefficient (Wildman–Crippen LogP) is 3.22. The summed E-state index contributed by atoms with van der Waals surface area (Å²) in [7, 11) is 1.35. The molecule has 136 valence electrons. The Hall–Kier alpha value is -2.82. The maximum atomic E-state index is 13.1. The second-order valence-corrected chi connectivity index (χ2v) is 6.32. The molecule has 3 rings (SSSR count). The van der Waals surface area contributed by atoms with Gasteiger partial charge in [0.25, 0.3) is 5.91 Å². The Bertz CT molecular complexity index is 802. The van der Waals surface area contributed by atoms with Crippen LogP contribution in [-0.4, -0.2) is 36.5 Å². The van der Waals surface area contributed by atoms with E-state index in [2.05, 4.69) is 0 Å². The van der Waals surface area contributed by atoms with E-state index in [-0.39, 0.29) is 5.91 Å². The summed E-state index contributed by atoms with van der Waals surface area (Å²) in [5.41, 5.74) is 2.64. The quantitative estimate of drug-likeness (QED) is 0.775. The molecule has 1 aliphatic heterocycles. The molecule has 0 bridgehead atoms. The van der Waals surface area contributed by atoms with Gasteiger partial charge in [0.1, 0.15) is 11.8 Å². The summed E-state index contributed by atoms with van der Waals surface area (Å²) in [5.74, 6) is 0.0628. The molecule has 0 saturated carbocycles. The average Bonchev–Trinajstić information content (AvgIpc) is 2.70. The molecule has 0 fully saturated rings. The van der Waals surface area contributed by atoms with E-state index < -0.39 is 12.0 Å². The Morgan fingerprint density at radius 3 is 2.62 bits per heavy atom. The summed E-state index contributed by atoms with van der Waals surface area (Å²) in [6.07, 6.45) is 1.35. The standard InChI is InChI=1S/C21H23NO4/c1-3-11-26-18-10-6-9-16(12-18)20(23)22-14-17-8-5-4-7-15(17)13-19(22)21(24)25-2/h4-10,12,19H,3,11,13-14H2,1-2H3. The second-order valence-electron chi connectivity index (χ2n) is 6.32. The molecule has 1 aliphatic rings. The van der Waals surface area contributed by atoms with Crippen molar-refractivity contribution < 1.29 is 19.1 Å². The van der Waals surface area contributed by atoms with Crippen LogP contribution in [0.1, 0.15) is 34.8 Å². The van der Waals surface area contributed by atoms with E-state index in [4.69, 9.17) is 9.47 Å². The zero-order valence-corrected chi connectivity index (χ0v) is 15.1. The molecule has 1 amide bonds. The van der Waals surface area contributed by atoms with E-state index >= 15 is 0 Å². The molecule has 1 atom stereocenters. The van der Waals surface area contributed by atoms with Crippen LogP contribution in [-0.2, 0) is 22.5 Å². The highest BCUT2D eigenvalue weighted by Crippen LogP contribution is 2.26. The van der Waals surface area contributed by atoms with Crippen LogP contribution in [0.15, 0.2) is 48.5 Å². The Morgan fingerprint density at radius 1 is 1.12 bits per heavy atom. The number of ether oxygens (including phenoxy) is 2. The van der Waals surface area contributed by atoms with E-state index in [9.17, 15) is 9.59 Å². The largest absolute Gasteiger partial charge is 0.494 e. The van der Waals surface area contributed by atoms with Crippen molar-refractivity contribution in [2.45, 2.75) is 32.4 Å². The van der Waals surface area contributed by atoms with E-state index in [1.54, 1.807) is 23.1 Å². The number of benzene rings is 2. The van der Waals surface area contributed by atoms with Gasteiger partial charge in [0.05, 0.1) is 13.7 Å². The average molecular weight is 353 g/mol. The normalized spacial score (nSPS) is 15.9. The van der Waals surface area contributed by atoms with Crippen LogP contribution >= 0.6 is 0 Å². The maximum Gasteiger partial charge on any atom is 0.328 e. The number of amides is 1. The van der Waals surface area contributed by atoms with Crippen molar-refractivity contribution in [2.75, 3.05) is 13.7 Å². The number of carbonyl (C=O) groups excluding carboxylic acids is 2. The van der Waals surface area contributed by atoms with Crippen LogP contribution in [0.2, 0.25) is 0 Å². The Balaban J connectivity index is 1.89. The molecule has 5 nitrogen and oxygen atoms in total. The molecule has 2 aromatic rings. The molecule has 26 heavy (non-hydrogen) atoms. The number of esters is 1. The number of hydrogen-bond donors (Lipinski definition) is 0. The lowest BCUT2D eigenvalue weighted by Gasteiger charge is -2.35. The molecule has 0 radical (unpaired) electrons. The monoisotopic (exact) mass is 353 g/mol. The lowest BCUT2D eigenvalue weighted by molar-refractivity contribution is -0.146. The predicted molar refractivity (Wildman–Crippen MR) is 98.1 cm³/mol. The van der Waals surface area contributed by atoms with Crippen LogP contribution in [0.5, 0.6) is 5.75 Å². The van der Waals surface area contributed by atoms with Gasteiger partial charge in [-0.3, -0.25) is 4.79 Å². The number of rotatable bonds is 5. The van der Waals surface area contributed by atoms with Crippen molar-refractivity contribution in [2.24, 2.45) is 0 Å². The lowest BCUT2D eigenvalue weighted by atomic mass is 9.93. The van der Waals surface area contributed by atoms with Crippen molar-refractivity contribution in [1.29, 1.82) is 0 Å². The topological polar surface area (TPSA) is 55.8 Å². The molecular formula is C21H23NO4. The summed E-state index contributed by atoms with van der Waals surface area (Å²) in [5, 5.41) is 0. The summed E-state index contributed by atoms with van der Waals surface area (Å²) in [6, 6.07) is 14.3. The van der Waals surface area contributed by atoms with Gasteiger partial charge >= 0.3 is 5.97 Å². The molecular weight excluding hydrogens is 330 g/mol. The van der Waals surface area contributed by atoms with Gasteiger partial charge in [-0.05, 0) is 35.7 Å². The summed E-state index contributed by atoms with van der Waals surface area (Å²) in [4.78, 5) is 27.0. The van der Waals surface area contributed by atoms with Crippen LogP contribution in [0.25, 0.3) is 0 Å². The third kappa shape index (κ3) is 3.72. The van der Waals surface area contributed by atoms with Crippen LogP contribution < -0.4 is 4.74 Å². The minimum absolute atomic E-state index is 0.197. The first-order valence-electron chi connectivity index (χ1n) is 8.82. The SMILES string of the molecule is CCCOc1cccc(C(=O)N2Cc3ccccc3CC2C(=O)OC)c1. The van der Waals surface area contributed by atoms with Gasteiger partial charge in [-0.1, -0.05) is 37.3 Å². The third-order valence-corrected chi connectivity index (χ3v) is 4.54. The first-order chi connectivity index (χ1) is 12.6. The Labute approximate surface area is 153 Å². The highest BCUT2D eigenvalue weighted by molar-refractivity contribution is 5.97. The zero-order chi connectivity index (χ0) is 18.5. The number of nitrogens with zero attached hydrogens (tertiary/aromatic N) is 1. The molecule has 1 heterocycles. The van der Waals surface area contributed by atoms with Crippen molar-refractivity contribution in [3.8, 4) is 5.75 Å². The molecule has 2 aromatic carbocycles. The molecule has 0 spiro atoms. The van der Waals surface area contributed by atoms with Gasteiger partial charge in [-0.25, -0.2) is 4.79 Å². The van der Waals surface area contributed by atoms with Gasteiger partial charge in [0, 0.05) is 18.5 Å². The minimum atomic E-state index is -0.623. The Kier molecular flexibility index (Phi) is 5.56. The molecule has 0 saturated heterocycles. The summed E-state index contributed by atoms with van der Waals surface area (Å²) < 4.78 is 10.6. The van der Waals surface area contributed by atoms with Gasteiger partial charge in [-0.15, -0.1) is 0 Å².